The van der Waals surface area contributed by atoms with E-state index in [1.807, 2.05) is 0 Å². The Bertz CT molecular complexity index is 564. The van der Waals surface area contributed by atoms with E-state index < -0.39 is 38.4 Å². The first-order chi connectivity index (χ1) is 7.27. The van der Waals surface area contributed by atoms with Gasteiger partial charge in [-0.25, -0.2) is 27.3 Å². The Kier molecular flexibility index (Phi) is 3.06. The van der Waals surface area contributed by atoms with Crippen molar-refractivity contribution in [3.8, 4) is 6.07 Å². The van der Waals surface area contributed by atoms with Gasteiger partial charge in [0.2, 0.25) is 10.0 Å². The van der Waals surface area contributed by atoms with Gasteiger partial charge in [0.25, 0.3) is 6.43 Å². The van der Waals surface area contributed by atoms with Crippen molar-refractivity contribution in [3.05, 3.63) is 17.3 Å². The molecule has 1 aromatic heterocycles. The molecular formula is C7H6F2N4O2S. The van der Waals surface area contributed by atoms with Crippen molar-refractivity contribution >= 4 is 15.8 Å². The van der Waals surface area contributed by atoms with Gasteiger partial charge in [-0.05, 0) is 6.07 Å². The summed E-state index contributed by atoms with van der Waals surface area (Å²) < 4.78 is 46.7. The number of nitrogens with two attached hydrogens (primary N) is 2. The van der Waals surface area contributed by atoms with E-state index >= 15 is 0 Å². The average Bonchev–Trinajstić information content (AvgIpc) is 2.14. The molecule has 9 heteroatoms. The second-order valence-electron chi connectivity index (χ2n) is 2.76. The average molecular weight is 248 g/mol. The number of hydrogen-bond acceptors (Lipinski definition) is 5. The number of anilines is 1. The molecule has 6 nitrogen and oxygen atoms in total. The summed E-state index contributed by atoms with van der Waals surface area (Å²) in [4.78, 5) is 2.45. The molecule has 0 atom stereocenters. The van der Waals surface area contributed by atoms with Gasteiger partial charge in [-0.1, -0.05) is 0 Å². The molecule has 0 bridgehead atoms. The van der Waals surface area contributed by atoms with Crippen LogP contribution in [0.15, 0.2) is 11.0 Å². The Morgan fingerprint density at radius 2 is 2.06 bits per heavy atom. The summed E-state index contributed by atoms with van der Waals surface area (Å²) in [7, 11) is -4.30. The Hall–Kier alpha value is -1.79. The van der Waals surface area contributed by atoms with Crippen LogP contribution in [0.5, 0.6) is 0 Å². The minimum Gasteiger partial charge on any atom is -0.383 e. The molecule has 0 aromatic carbocycles. The lowest BCUT2D eigenvalue weighted by Gasteiger charge is -2.06. The predicted molar refractivity (Wildman–Crippen MR) is 49.7 cm³/mol. The minimum atomic E-state index is -4.30. The van der Waals surface area contributed by atoms with Crippen molar-refractivity contribution in [1.82, 2.24) is 4.98 Å². The van der Waals surface area contributed by atoms with E-state index in [4.69, 9.17) is 16.1 Å². The minimum absolute atomic E-state index is 0.535. The van der Waals surface area contributed by atoms with E-state index in [9.17, 15) is 17.2 Å². The molecule has 0 aliphatic rings. The summed E-state index contributed by atoms with van der Waals surface area (Å²) in [5.74, 6) is -0.593. The molecule has 1 heterocycles. The summed E-state index contributed by atoms with van der Waals surface area (Å²) >= 11 is 0. The molecule has 0 saturated heterocycles. The normalized spacial score (nSPS) is 11.4. The number of primary sulfonamides is 1. The number of nitrogen functional groups attached to an aromatic ring is 1. The summed E-state index contributed by atoms with van der Waals surface area (Å²) in [5.41, 5.74) is 3.80. The first-order valence-electron chi connectivity index (χ1n) is 3.79. The molecule has 0 saturated carbocycles. The van der Waals surface area contributed by atoms with Crippen LogP contribution in [-0.4, -0.2) is 13.4 Å². The lowest BCUT2D eigenvalue weighted by Crippen LogP contribution is -2.16. The summed E-state index contributed by atoms with van der Waals surface area (Å²) in [6.07, 6.45) is -3.00. The maximum Gasteiger partial charge on any atom is 0.280 e. The molecule has 0 radical (unpaired) electrons. The molecule has 0 aliphatic heterocycles. The van der Waals surface area contributed by atoms with Crippen LogP contribution < -0.4 is 10.9 Å². The van der Waals surface area contributed by atoms with E-state index in [1.54, 1.807) is 0 Å². The van der Waals surface area contributed by atoms with Gasteiger partial charge in [0.15, 0.2) is 0 Å². The molecule has 0 spiro atoms. The molecule has 1 rings (SSSR count). The number of aromatic nitrogens is 1. The van der Waals surface area contributed by atoms with E-state index in [0.717, 1.165) is 0 Å². The third-order valence-electron chi connectivity index (χ3n) is 1.67. The van der Waals surface area contributed by atoms with Crippen LogP contribution in [0, 0.1) is 11.3 Å². The highest BCUT2D eigenvalue weighted by molar-refractivity contribution is 7.89. The monoisotopic (exact) mass is 248 g/mol. The van der Waals surface area contributed by atoms with Crippen molar-refractivity contribution in [3.63, 3.8) is 0 Å². The number of rotatable bonds is 2. The fraction of sp³-hybridized carbons (Fsp3) is 0.143. The van der Waals surface area contributed by atoms with Crippen LogP contribution in [-0.2, 0) is 10.0 Å². The van der Waals surface area contributed by atoms with Gasteiger partial charge in [0, 0.05) is 0 Å². The Labute approximate surface area is 89.5 Å². The van der Waals surface area contributed by atoms with E-state index in [-0.39, 0.29) is 0 Å². The third kappa shape index (κ3) is 2.23. The van der Waals surface area contributed by atoms with Gasteiger partial charge in [0.05, 0.1) is 0 Å². The zero-order valence-corrected chi connectivity index (χ0v) is 8.50. The van der Waals surface area contributed by atoms with Crippen molar-refractivity contribution < 1.29 is 17.2 Å². The van der Waals surface area contributed by atoms with Crippen LogP contribution >= 0.6 is 0 Å². The number of alkyl halides is 2. The molecule has 0 aliphatic carbocycles. The lowest BCUT2D eigenvalue weighted by atomic mass is 10.2. The van der Waals surface area contributed by atoms with Crippen LogP contribution in [0.2, 0.25) is 0 Å². The molecule has 16 heavy (non-hydrogen) atoms. The van der Waals surface area contributed by atoms with Crippen molar-refractivity contribution in [2.24, 2.45) is 5.14 Å². The first-order valence-corrected chi connectivity index (χ1v) is 5.33. The molecule has 1 aromatic rings. The van der Waals surface area contributed by atoms with Crippen LogP contribution in [0.1, 0.15) is 17.7 Å². The SMILES string of the molecule is N#Cc1c(S(N)(=O)=O)cc(C(F)F)nc1N. The van der Waals surface area contributed by atoms with E-state index in [1.165, 1.54) is 6.07 Å². The number of sulfonamides is 1. The number of hydrogen-bond donors (Lipinski definition) is 2. The van der Waals surface area contributed by atoms with Crippen molar-refractivity contribution in [2.45, 2.75) is 11.3 Å². The molecule has 86 valence electrons. The van der Waals surface area contributed by atoms with Gasteiger partial charge in [0.1, 0.15) is 28.0 Å². The second kappa shape index (κ2) is 3.99. The maximum absolute atomic E-state index is 12.3. The van der Waals surface area contributed by atoms with Gasteiger partial charge >= 0.3 is 0 Å². The largest absolute Gasteiger partial charge is 0.383 e. The van der Waals surface area contributed by atoms with E-state index in [0.29, 0.717) is 6.07 Å². The zero-order chi connectivity index (χ0) is 12.5. The lowest BCUT2D eigenvalue weighted by molar-refractivity contribution is 0.146. The number of halogens is 2. The van der Waals surface area contributed by atoms with Gasteiger partial charge in [-0.2, -0.15) is 5.26 Å². The molecule has 0 fully saturated rings. The smallest absolute Gasteiger partial charge is 0.280 e. The topological polar surface area (TPSA) is 123 Å². The first kappa shape index (κ1) is 12.3. The molecule has 0 unspecified atom stereocenters. The Morgan fingerprint density at radius 1 is 1.50 bits per heavy atom. The number of nitrogens with zero attached hydrogens (tertiary/aromatic N) is 2. The fourth-order valence-electron chi connectivity index (χ4n) is 1.01. The quantitative estimate of drug-likeness (QED) is 0.769. The van der Waals surface area contributed by atoms with Crippen LogP contribution in [0.25, 0.3) is 0 Å². The van der Waals surface area contributed by atoms with Crippen LogP contribution in [0.4, 0.5) is 14.6 Å². The zero-order valence-electron chi connectivity index (χ0n) is 7.68. The summed E-state index contributed by atoms with van der Waals surface area (Å²) in [6.45, 7) is 0. The highest BCUT2D eigenvalue weighted by Crippen LogP contribution is 2.25. The highest BCUT2D eigenvalue weighted by atomic mass is 32.2. The number of pyridine rings is 1. The highest BCUT2D eigenvalue weighted by Gasteiger charge is 2.22. The Morgan fingerprint density at radius 3 is 2.44 bits per heavy atom. The second-order valence-corrected chi connectivity index (χ2v) is 4.29. The molecule has 4 N–H and O–H groups in total. The summed E-state index contributed by atoms with van der Waals surface area (Å²) in [5, 5.41) is 13.4. The van der Waals surface area contributed by atoms with E-state index in [2.05, 4.69) is 4.98 Å². The maximum atomic E-state index is 12.3. The van der Waals surface area contributed by atoms with Crippen molar-refractivity contribution in [2.75, 3.05) is 5.73 Å². The standard InChI is InChI=1S/C7H6F2N4O2S/c8-6(9)4-1-5(16(12,14)15)3(2-10)7(11)13-4/h1,6H,(H2,11,13)(H2,12,14,15). The molecular weight excluding hydrogens is 242 g/mol. The van der Waals surface area contributed by atoms with Gasteiger partial charge < -0.3 is 5.73 Å². The molecule has 0 amide bonds. The van der Waals surface area contributed by atoms with Crippen molar-refractivity contribution in [1.29, 1.82) is 5.26 Å². The predicted octanol–water partition coefficient (Wildman–Crippen LogP) is 0.120. The third-order valence-corrected chi connectivity index (χ3v) is 2.61. The summed E-state index contributed by atoms with van der Waals surface area (Å²) in [6, 6.07) is 1.98. The van der Waals surface area contributed by atoms with Crippen LogP contribution in [0.3, 0.4) is 0 Å². The Balaban J connectivity index is 3.64. The van der Waals surface area contributed by atoms with Gasteiger partial charge in [-0.3, -0.25) is 0 Å². The van der Waals surface area contributed by atoms with Gasteiger partial charge in [-0.15, -0.1) is 0 Å². The fourth-order valence-corrected chi connectivity index (χ4v) is 1.73. The number of nitriles is 1.